The zero-order valence-electron chi connectivity index (χ0n) is 20.4. The van der Waals surface area contributed by atoms with E-state index < -0.39 is 0 Å². The minimum atomic E-state index is -0.181. The fourth-order valence-electron chi connectivity index (χ4n) is 4.55. The quantitative estimate of drug-likeness (QED) is 0.480. The second-order valence-corrected chi connectivity index (χ2v) is 8.89. The van der Waals surface area contributed by atoms with E-state index in [1.807, 2.05) is 42.5 Å². The zero-order chi connectivity index (χ0) is 24.6. The fraction of sp³-hybridized carbons (Fsp3) is 0.462. The number of ether oxygens (including phenoxy) is 2. The molecule has 0 unspecified atom stereocenters. The van der Waals surface area contributed by atoms with E-state index in [4.69, 9.17) is 9.47 Å². The summed E-state index contributed by atoms with van der Waals surface area (Å²) < 4.78 is 12.3. The Labute approximate surface area is 205 Å². The molecular formula is C26H33N5O4. The Morgan fingerprint density at radius 3 is 2.60 bits per heavy atom. The van der Waals surface area contributed by atoms with Gasteiger partial charge in [0.15, 0.2) is 11.5 Å². The number of hydrogen-bond acceptors (Lipinski definition) is 6. The van der Waals surface area contributed by atoms with Crippen LogP contribution in [0.4, 0.5) is 0 Å². The number of hydrogen-bond donors (Lipinski definition) is 1. The number of benzene rings is 2. The number of rotatable bonds is 10. The number of carbonyl (C=O) groups excluding carboxylic acids is 2. The van der Waals surface area contributed by atoms with E-state index in [1.165, 1.54) is 6.42 Å². The van der Waals surface area contributed by atoms with Crippen molar-refractivity contribution in [2.24, 2.45) is 0 Å². The molecule has 4 rings (SSSR count). The summed E-state index contributed by atoms with van der Waals surface area (Å²) in [5.74, 6) is 0.974. The number of methoxy groups -OCH3 is 2. The van der Waals surface area contributed by atoms with Crippen molar-refractivity contribution in [2.45, 2.75) is 51.1 Å². The van der Waals surface area contributed by atoms with Crippen LogP contribution in [0.5, 0.6) is 11.5 Å². The van der Waals surface area contributed by atoms with Gasteiger partial charge in [0.25, 0.3) is 0 Å². The number of carbonyl (C=O) groups is 2. The molecule has 35 heavy (non-hydrogen) atoms. The lowest BCUT2D eigenvalue weighted by atomic mass is 9.95. The molecule has 186 valence electrons. The normalized spacial score (nSPS) is 14.0. The second-order valence-electron chi connectivity index (χ2n) is 8.89. The number of para-hydroxylation sites is 1. The molecule has 0 aliphatic heterocycles. The molecule has 1 fully saturated rings. The van der Waals surface area contributed by atoms with Crippen molar-refractivity contribution in [1.29, 1.82) is 0 Å². The highest BCUT2D eigenvalue weighted by molar-refractivity contribution is 5.85. The van der Waals surface area contributed by atoms with Crippen LogP contribution in [0.3, 0.4) is 0 Å². The predicted molar refractivity (Wildman–Crippen MR) is 132 cm³/mol. The number of amides is 2. The molecule has 2 amide bonds. The summed E-state index contributed by atoms with van der Waals surface area (Å²) in [5.41, 5.74) is 2.50. The van der Waals surface area contributed by atoms with Crippen LogP contribution in [0.25, 0.3) is 11.0 Å². The van der Waals surface area contributed by atoms with Gasteiger partial charge in [-0.1, -0.05) is 42.7 Å². The minimum absolute atomic E-state index is 0.00918. The average Bonchev–Trinajstić information content (AvgIpc) is 3.29. The lowest BCUT2D eigenvalue weighted by Crippen LogP contribution is -2.46. The summed E-state index contributed by atoms with van der Waals surface area (Å²) >= 11 is 0. The fourth-order valence-corrected chi connectivity index (χ4v) is 4.55. The summed E-state index contributed by atoms with van der Waals surface area (Å²) in [7, 11) is 3.19. The molecule has 0 atom stereocenters. The van der Waals surface area contributed by atoms with E-state index >= 15 is 0 Å². The Morgan fingerprint density at radius 1 is 1.06 bits per heavy atom. The van der Waals surface area contributed by atoms with Gasteiger partial charge in [-0.15, -0.1) is 5.10 Å². The first-order valence-electron chi connectivity index (χ1n) is 12.1. The van der Waals surface area contributed by atoms with Crippen LogP contribution in [0.1, 0.15) is 37.7 Å². The Hall–Kier alpha value is -3.62. The topological polar surface area (TPSA) is 98.6 Å². The van der Waals surface area contributed by atoms with Crippen molar-refractivity contribution in [1.82, 2.24) is 25.2 Å². The van der Waals surface area contributed by atoms with E-state index in [1.54, 1.807) is 23.8 Å². The zero-order valence-corrected chi connectivity index (χ0v) is 20.4. The third-order valence-corrected chi connectivity index (χ3v) is 6.48. The van der Waals surface area contributed by atoms with Crippen molar-refractivity contribution < 1.29 is 19.1 Å². The Balaban J connectivity index is 1.46. The molecule has 0 radical (unpaired) electrons. The van der Waals surface area contributed by atoms with Gasteiger partial charge >= 0.3 is 0 Å². The van der Waals surface area contributed by atoms with Gasteiger partial charge in [0.2, 0.25) is 11.8 Å². The first kappa shape index (κ1) is 24.5. The molecule has 9 nitrogen and oxygen atoms in total. The molecule has 1 aliphatic carbocycles. The van der Waals surface area contributed by atoms with Crippen LogP contribution in [-0.4, -0.2) is 65.1 Å². The van der Waals surface area contributed by atoms with Gasteiger partial charge < -0.3 is 19.7 Å². The number of fused-ring (bicyclic) bond motifs is 1. The summed E-state index contributed by atoms with van der Waals surface area (Å²) in [6.45, 7) is 0.414. The number of nitrogens with zero attached hydrogens (tertiary/aromatic N) is 4. The van der Waals surface area contributed by atoms with Crippen LogP contribution in [0.15, 0.2) is 42.5 Å². The minimum Gasteiger partial charge on any atom is -0.493 e. The smallest absolute Gasteiger partial charge is 0.244 e. The molecule has 2 aromatic carbocycles. The van der Waals surface area contributed by atoms with Crippen molar-refractivity contribution >= 4 is 22.8 Å². The first-order chi connectivity index (χ1) is 17.1. The second kappa shape index (κ2) is 11.7. The molecule has 3 aromatic rings. The molecule has 1 aliphatic rings. The van der Waals surface area contributed by atoms with Crippen LogP contribution < -0.4 is 14.8 Å². The highest BCUT2D eigenvalue weighted by Crippen LogP contribution is 2.27. The third-order valence-electron chi connectivity index (χ3n) is 6.48. The molecular weight excluding hydrogens is 446 g/mol. The van der Waals surface area contributed by atoms with Gasteiger partial charge in [0.05, 0.1) is 26.3 Å². The standard InChI is InChI=1S/C26H33N5O4/c1-34-23-13-12-19(16-24(23)35-2)14-15-30(17-25(32)27-20-8-4-3-5-9-20)26(33)18-31-22-11-7-6-10-21(22)28-29-31/h6-7,10-13,16,20H,3-5,8-9,14-15,17-18H2,1-2H3,(H,27,32). The molecule has 1 N–H and O–H groups in total. The van der Waals surface area contributed by atoms with E-state index in [0.717, 1.165) is 42.3 Å². The maximum atomic E-state index is 13.3. The number of nitrogens with one attached hydrogen (secondary N) is 1. The van der Waals surface area contributed by atoms with Crippen LogP contribution in [0.2, 0.25) is 0 Å². The molecule has 1 heterocycles. The van der Waals surface area contributed by atoms with Crippen molar-refractivity contribution in [3.63, 3.8) is 0 Å². The van der Waals surface area contributed by atoms with Gasteiger partial charge in [-0.05, 0) is 49.1 Å². The van der Waals surface area contributed by atoms with Gasteiger partial charge in [0.1, 0.15) is 12.1 Å². The predicted octanol–water partition coefficient (Wildman–Crippen LogP) is 2.97. The summed E-state index contributed by atoms with van der Waals surface area (Å²) in [6, 6.07) is 13.4. The van der Waals surface area contributed by atoms with E-state index in [0.29, 0.717) is 24.5 Å². The van der Waals surface area contributed by atoms with Crippen LogP contribution in [0, 0.1) is 0 Å². The van der Waals surface area contributed by atoms with Gasteiger partial charge in [-0.25, -0.2) is 4.68 Å². The van der Waals surface area contributed by atoms with Crippen LogP contribution in [-0.2, 0) is 22.6 Å². The molecule has 0 saturated heterocycles. The van der Waals surface area contributed by atoms with Gasteiger partial charge in [0, 0.05) is 12.6 Å². The summed E-state index contributed by atoms with van der Waals surface area (Å²) in [6.07, 6.45) is 6.04. The monoisotopic (exact) mass is 479 g/mol. The molecule has 1 aromatic heterocycles. The maximum Gasteiger partial charge on any atom is 0.244 e. The van der Waals surface area contributed by atoms with Gasteiger partial charge in [-0.2, -0.15) is 0 Å². The largest absolute Gasteiger partial charge is 0.493 e. The summed E-state index contributed by atoms with van der Waals surface area (Å²) in [4.78, 5) is 27.8. The summed E-state index contributed by atoms with van der Waals surface area (Å²) in [5, 5.41) is 11.4. The lowest BCUT2D eigenvalue weighted by Gasteiger charge is -2.26. The number of aromatic nitrogens is 3. The highest BCUT2D eigenvalue weighted by Gasteiger charge is 2.22. The lowest BCUT2D eigenvalue weighted by molar-refractivity contribution is -0.137. The Morgan fingerprint density at radius 2 is 1.83 bits per heavy atom. The van der Waals surface area contributed by atoms with Crippen molar-refractivity contribution in [3.8, 4) is 11.5 Å². The third kappa shape index (κ3) is 6.29. The first-order valence-corrected chi connectivity index (χ1v) is 12.1. The Kier molecular flexibility index (Phi) is 8.18. The molecule has 0 spiro atoms. The van der Waals surface area contributed by atoms with Gasteiger partial charge in [-0.3, -0.25) is 9.59 Å². The van der Waals surface area contributed by atoms with Crippen LogP contribution >= 0.6 is 0 Å². The average molecular weight is 480 g/mol. The van der Waals surface area contributed by atoms with E-state index in [2.05, 4.69) is 15.6 Å². The molecule has 1 saturated carbocycles. The van der Waals surface area contributed by atoms with Crippen molar-refractivity contribution in [2.75, 3.05) is 27.3 Å². The Bertz CT molecular complexity index is 1160. The highest BCUT2D eigenvalue weighted by atomic mass is 16.5. The van der Waals surface area contributed by atoms with Crippen molar-refractivity contribution in [3.05, 3.63) is 48.0 Å². The maximum absolute atomic E-state index is 13.3. The SMILES string of the molecule is COc1ccc(CCN(CC(=O)NC2CCCCC2)C(=O)Cn2nnc3ccccc32)cc1OC. The molecule has 0 bridgehead atoms. The van der Waals surface area contributed by atoms with E-state index in [-0.39, 0.29) is 30.9 Å². The van der Waals surface area contributed by atoms with E-state index in [9.17, 15) is 9.59 Å². The molecule has 9 heteroatoms.